The number of ether oxygens (including phenoxy) is 5. The van der Waals surface area contributed by atoms with Gasteiger partial charge in [0.15, 0.2) is 17.3 Å². The lowest BCUT2D eigenvalue weighted by molar-refractivity contribution is -0.328. The first-order valence-corrected chi connectivity index (χ1v) is 25.7. The molecule has 13 nitrogen and oxygen atoms in total. The molecule has 1 aromatic rings. The summed E-state index contributed by atoms with van der Waals surface area (Å²) in [5.41, 5.74) is 6.67. The van der Waals surface area contributed by atoms with Gasteiger partial charge >= 0.3 is 16.4 Å². The second-order valence-corrected chi connectivity index (χ2v) is 18.2. The number of carbonyl (C=O) groups is 2. The summed E-state index contributed by atoms with van der Waals surface area (Å²) in [5, 5.41) is 10.3. The van der Waals surface area contributed by atoms with Gasteiger partial charge in [-0.25, -0.2) is 4.18 Å². The SMILES string of the molecule is CCCCCCCCCCCCCC(=O)O[C@H]1[C@H](OS(=O)(=O)O)[C@@H](CO)O[C@](N)(OC)[C@@H]1C(=O)c1ccc(OCCCCCCCCCC)c(OCCCCCCCCCC)c1. The maximum Gasteiger partial charge on any atom is 0.397 e. The number of Topliss-reactive ketones (excluding diaryl/α,β-unsaturated/α-hetero) is 1. The number of ketones is 1. The number of benzene rings is 1. The van der Waals surface area contributed by atoms with E-state index in [-0.39, 0.29) is 12.0 Å². The Balaban J connectivity index is 2.28. The Morgan fingerprint density at radius 3 is 1.53 bits per heavy atom. The highest BCUT2D eigenvalue weighted by Crippen LogP contribution is 2.40. The smallest absolute Gasteiger partial charge is 0.397 e. The predicted molar refractivity (Wildman–Crippen MR) is 244 cm³/mol. The van der Waals surface area contributed by atoms with E-state index in [0.29, 0.717) is 31.1 Å². The Morgan fingerprint density at radius 2 is 1.10 bits per heavy atom. The van der Waals surface area contributed by atoms with Crippen LogP contribution in [0, 0.1) is 5.92 Å². The third kappa shape index (κ3) is 22.5. The van der Waals surface area contributed by atoms with Gasteiger partial charge in [0, 0.05) is 19.1 Å². The van der Waals surface area contributed by atoms with Crippen molar-refractivity contribution < 1.29 is 55.5 Å². The normalized spacial score (nSPS) is 20.3. The largest absolute Gasteiger partial charge is 0.490 e. The van der Waals surface area contributed by atoms with Gasteiger partial charge in [-0.1, -0.05) is 175 Å². The van der Waals surface area contributed by atoms with Gasteiger partial charge in [0.2, 0.25) is 5.91 Å². The summed E-state index contributed by atoms with van der Waals surface area (Å²) in [6.45, 7) is 6.62. The molecule has 62 heavy (non-hydrogen) atoms. The summed E-state index contributed by atoms with van der Waals surface area (Å²) >= 11 is 0. The number of methoxy groups -OCH3 is 1. The molecule has 2 rings (SSSR count). The minimum absolute atomic E-state index is 0.0240. The molecule has 0 aromatic heterocycles. The van der Waals surface area contributed by atoms with Crippen molar-refractivity contribution in [3.8, 4) is 11.5 Å². The second kappa shape index (κ2) is 33.2. The summed E-state index contributed by atoms with van der Waals surface area (Å²) in [6, 6.07) is 4.71. The molecule has 0 amide bonds. The predicted octanol–water partition coefficient (Wildman–Crippen LogP) is 11.0. The van der Waals surface area contributed by atoms with E-state index in [0.717, 1.165) is 64.2 Å². The highest BCUT2D eigenvalue weighted by atomic mass is 32.3. The van der Waals surface area contributed by atoms with Crippen molar-refractivity contribution in [2.24, 2.45) is 11.7 Å². The summed E-state index contributed by atoms with van der Waals surface area (Å²) in [5.74, 6) is -4.66. The molecule has 1 heterocycles. The van der Waals surface area contributed by atoms with Crippen LogP contribution in [0.5, 0.6) is 11.5 Å². The molecule has 0 radical (unpaired) electrons. The van der Waals surface area contributed by atoms with E-state index in [1.165, 1.54) is 122 Å². The lowest BCUT2D eigenvalue weighted by Crippen LogP contribution is -2.70. The maximum atomic E-state index is 14.7. The Labute approximate surface area is 375 Å². The maximum absolute atomic E-state index is 14.7. The van der Waals surface area contributed by atoms with Crippen LogP contribution in [0.2, 0.25) is 0 Å². The Bertz CT molecular complexity index is 1440. The zero-order valence-corrected chi connectivity index (χ0v) is 39.7. The fourth-order valence-corrected chi connectivity index (χ4v) is 8.62. The zero-order chi connectivity index (χ0) is 45.5. The van der Waals surface area contributed by atoms with Crippen molar-refractivity contribution in [2.75, 3.05) is 26.9 Å². The molecule has 360 valence electrons. The second-order valence-electron chi connectivity index (χ2n) is 17.1. The molecule has 1 saturated heterocycles. The number of nitrogens with two attached hydrogens (primary N) is 1. The van der Waals surface area contributed by atoms with Gasteiger partial charge in [0.25, 0.3) is 0 Å². The van der Waals surface area contributed by atoms with Crippen LogP contribution in [0.25, 0.3) is 0 Å². The van der Waals surface area contributed by atoms with Crippen molar-refractivity contribution in [1.29, 1.82) is 0 Å². The molecular weight excluding hydrogens is 815 g/mol. The Kier molecular flexibility index (Phi) is 29.9. The van der Waals surface area contributed by atoms with Crippen LogP contribution < -0.4 is 15.2 Å². The molecule has 0 saturated carbocycles. The Morgan fingerprint density at radius 1 is 0.661 bits per heavy atom. The van der Waals surface area contributed by atoms with Gasteiger partial charge in [0.05, 0.1) is 19.8 Å². The number of hydrogen-bond acceptors (Lipinski definition) is 12. The van der Waals surface area contributed by atoms with E-state index < -0.39 is 58.9 Å². The molecule has 4 N–H and O–H groups in total. The molecule has 14 heteroatoms. The van der Waals surface area contributed by atoms with E-state index in [2.05, 4.69) is 20.8 Å². The van der Waals surface area contributed by atoms with Gasteiger partial charge in [0.1, 0.15) is 24.2 Å². The monoisotopic (exact) mass is 900 g/mol. The summed E-state index contributed by atoms with van der Waals surface area (Å²) < 4.78 is 68.7. The molecule has 5 atom stereocenters. The molecule has 0 unspecified atom stereocenters. The number of hydrogen-bond donors (Lipinski definition) is 3. The molecule has 1 aromatic carbocycles. The Hall–Kier alpha value is -2.33. The molecule has 0 bridgehead atoms. The third-order valence-corrected chi connectivity index (χ3v) is 12.3. The summed E-state index contributed by atoms with van der Waals surface area (Å²) in [4.78, 5) is 28.1. The summed E-state index contributed by atoms with van der Waals surface area (Å²) in [7, 11) is -4.02. The number of carbonyl (C=O) groups excluding carboxylic acids is 2. The number of aliphatic hydroxyl groups is 1. The van der Waals surface area contributed by atoms with E-state index in [1.54, 1.807) is 6.07 Å². The first-order chi connectivity index (χ1) is 29.9. The average molecular weight is 900 g/mol. The first kappa shape index (κ1) is 55.8. The van der Waals surface area contributed by atoms with Crippen LogP contribution in [-0.4, -0.2) is 81.0 Å². The van der Waals surface area contributed by atoms with Crippen molar-refractivity contribution in [3.63, 3.8) is 0 Å². The number of esters is 1. The number of unbranched alkanes of at least 4 members (excludes halogenated alkanes) is 24. The van der Waals surface area contributed by atoms with Crippen LogP contribution in [-0.2, 0) is 33.6 Å². The number of rotatable bonds is 39. The van der Waals surface area contributed by atoms with E-state index >= 15 is 0 Å². The fraction of sp³-hybridized carbons (Fsp3) is 0.833. The van der Waals surface area contributed by atoms with Gasteiger partial charge in [-0.2, -0.15) is 8.42 Å². The summed E-state index contributed by atoms with van der Waals surface area (Å²) in [6.07, 6.45) is 24.9. The van der Waals surface area contributed by atoms with E-state index in [1.807, 2.05) is 0 Å². The highest BCUT2D eigenvalue weighted by Gasteiger charge is 2.60. The van der Waals surface area contributed by atoms with Crippen molar-refractivity contribution >= 4 is 22.2 Å². The minimum Gasteiger partial charge on any atom is -0.490 e. The molecule has 0 aliphatic carbocycles. The minimum atomic E-state index is -5.20. The van der Waals surface area contributed by atoms with Gasteiger partial charge < -0.3 is 28.8 Å². The van der Waals surface area contributed by atoms with Crippen LogP contribution in [0.4, 0.5) is 0 Å². The topological polar surface area (TPSA) is 190 Å². The van der Waals surface area contributed by atoms with Crippen molar-refractivity contribution in [1.82, 2.24) is 0 Å². The van der Waals surface area contributed by atoms with Gasteiger partial charge in [-0.15, -0.1) is 0 Å². The quantitative estimate of drug-likeness (QED) is 0.0186. The van der Waals surface area contributed by atoms with Crippen LogP contribution in [0.1, 0.15) is 211 Å². The standard InChI is InChI=1S/C48H85NO12S/c1-5-8-11-14-17-20-21-22-23-26-29-32-43(51)59-47-44(48(49,56-4)60-42(38-50)46(47)61-62(53,54)55)45(52)39-33-34-40(57-35-30-27-24-18-15-12-9-6-2)41(37-39)58-36-31-28-25-19-16-13-10-7-3/h33-34,37,42,44,46-47,50H,5-32,35-36,38,49H2,1-4H3,(H,53,54,55)/t42-,44-,46-,47-,48-/m1/s1. The van der Waals surface area contributed by atoms with E-state index in [9.17, 15) is 27.7 Å². The highest BCUT2D eigenvalue weighted by molar-refractivity contribution is 7.80. The molecule has 1 aliphatic rings. The first-order valence-electron chi connectivity index (χ1n) is 24.4. The van der Waals surface area contributed by atoms with Crippen LogP contribution >= 0.6 is 0 Å². The molecular formula is C48H85NO12S. The lowest BCUT2D eigenvalue weighted by Gasteiger charge is -2.48. The van der Waals surface area contributed by atoms with Crippen LogP contribution in [0.3, 0.4) is 0 Å². The molecule has 1 aliphatic heterocycles. The zero-order valence-electron chi connectivity index (χ0n) is 38.9. The van der Waals surface area contributed by atoms with Gasteiger partial charge in [-0.05, 0) is 37.5 Å². The van der Waals surface area contributed by atoms with Crippen molar-refractivity contribution in [3.05, 3.63) is 23.8 Å². The fourth-order valence-electron chi connectivity index (χ4n) is 8.10. The van der Waals surface area contributed by atoms with Crippen molar-refractivity contribution in [2.45, 2.75) is 225 Å². The van der Waals surface area contributed by atoms with Gasteiger partial charge in [-0.3, -0.25) is 19.9 Å². The average Bonchev–Trinajstić information content (AvgIpc) is 3.25. The molecule has 0 spiro atoms. The number of aliphatic hydroxyl groups excluding tert-OH is 1. The van der Waals surface area contributed by atoms with E-state index in [4.69, 9.17) is 33.6 Å². The molecule has 1 fully saturated rings. The van der Waals surface area contributed by atoms with Crippen LogP contribution in [0.15, 0.2) is 18.2 Å². The third-order valence-electron chi connectivity index (χ3n) is 11.8. The lowest BCUT2D eigenvalue weighted by atomic mass is 9.82.